The molecule has 1 aromatic carbocycles. The minimum atomic E-state index is 0.953. The van der Waals surface area contributed by atoms with E-state index in [0.29, 0.717) is 0 Å². The van der Waals surface area contributed by atoms with Gasteiger partial charge in [0.15, 0.2) is 0 Å². The third kappa shape index (κ3) is 3.88. The van der Waals surface area contributed by atoms with Crippen LogP contribution in [0.5, 0.6) is 5.75 Å². The molecule has 0 radical (unpaired) electrons. The maximum absolute atomic E-state index is 5.43. The van der Waals surface area contributed by atoms with Gasteiger partial charge in [0.2, 0.25) is 0 Å². The topological polar surface area (TPSA) is 29.4 Å². The molecule has 0 aliphatic carbocycles. The molecular weight excluding hydrogens is 286 g/mol. The highest BCUT2D eigenvalue weighted by molar-refractivity contribution is 5.85. The summed E-state index contributed by atoms with van der Waals surface area (Å²) in [5.41, 5.74) is 2.79. The van der Waals surface area contributed by atoms with Crippen molar-refractivity contribution in [3.8, 4) is 5.75 Å². The number of aryl methyl sites for hydroxylation is 1. The largest absolute Gasteiger partial charge is 0.497 e. The Morgan fingerprint density at radius 3 is 2.74 bits per heavy atom. The number of methoxy groups -OCH3 is 1. The average molecular weight is 315 g/mol. The summed E-state index contributed by atoms with van der Waals surface area (Å²) in [6, 6.07) is 6.48. The van der Waals surface area contributed by atoms with Gasteiger partial charge in [0.25, 0.3) is 0 Å². The predicted molar refractivity (Wildman–Crippen MR) is 96.4 cm³/mol. The van der Waals surface area contributed by atoms with Crippen LogP contribution >= 0.6 is 0 Å². The zero-order valence-electron chi connectivity index (χ0n) is 14.5. The van der Waals surface area contributed by atoms with Crippen LogP contribution in [0.1, 0.15) is 25.3 Å². The van der Waals surface area contributed by atoms with Crippen LogP contribution in [0.25, 0.3) is 10.9 Å². The van der Waals surface area contributed by atoms with E-state index in [2.05, 4.69) is 46.1 Å². The zero-order chi connectivity index (χ0) is 16.1. The van der Waals surface area contributed by atoms with Crippen molar-refractivity contribution in [1.82, 2.24) is 14.8 Å². The van der Waals surface area contributed by atoms with Crippen molar-refractivity contribution in [2.24, 2.45) is 0 Å². The molecule has 4 nitrogen and oxygen atoms in total. The van der Waals surface area contributed by atoms with Crippen LogP contribution < -0.4 is 10.1 Å². The Morgan fingerprint density at radius 1 is 1.17 bits per heavy atom. The Balaban J connectivity index is 1.81. The van der Waals surface area contributed by atoms with E-state index in [9.17, 15) is 0 Å². The highest BCUT2D eigenvalue weighted by Crippen LogP contribution is 2.27. The zero-order valence-corrected chi connectivity index (χ0v) is 14.5. The molecule has 1 aromatic heterocycles. The molecule has 2 heterocycles. The van der Waals surface area contributed by atoms with Crippen LogP contribution in [0.15, 0.2) is 24.4 Å². The number of nitrogens with one attached hydrogen (secondary N) is 1. The van der Waals surface area contributed by atoms with E-state index >= 15 is 0 Å². The third-order valence-corrected chi connectivity index (χ3v) is 4.83. The van der Waals surface area contributed by atoms with Crippen LogP contribution in [-0.2, 0) is 13.0 Å². The molecule has 23 heavy (non-hydrogen) atoms. The van der Waals surface area contributed by atoms with E-state index in [0.717, 1.165) is 51.4 Å². The summed E-state index contributed by atoms with van der Waals surface area (Å²) in [4.78, 5) is 2.56. The van der Waals surface area contributed by atoms with Gasteiger partial charge in [-0.1, -0.05) is 13.3 Å². The molecule has 2 aromatic rings. The van der Waals surface area contributed by atoms with Crippen LogP contribution in [-0.4, -0.2) is 49.3 Å². The summed E-state index contributed by atoms with van der Waals surface area (Å²) in [5.74, 6) is 0.953. The van der Waals surface area contributed by atoms with Crippen molar-refractivity contribution >= 4 is 10.9 Å². The van der Waals surface area contributed by atoms with Crippen molar-refractivity contribution in [3.05, 3.63) is 30.0 Å². The lowest BCUT2D eigenvalue weighted by atomic mass is 10.1. The SMILES string of the molecule is CCCCn1cc(CCN2CCNCC2)c2cc(OC)ccc21. The quantitative estimate of drug-likeness (QED) is 0.852. The molecule has 1 aliphatic rings. The van der Waals surface area contributed by atoms with E-state index < -0.39 is 0 Å². The van der Waals surface area contributed by atoms with Gasteiger partial charge in [-0.25, -0.2) is 0 Å². The maximum Gasteiger partial charge on any atom is 0.119 e. The fourth-order valence-electron chi connectivity index (χ4n) is 3.40. The minimum Gasteiger partial charge on any atom is -0.497 e. The number of fused-ring (bicyclic) bond motifs is 1. The number of nitrogens with zero attached hydrogens (tertiary/aromatic N) is 2. The van der Waals surface area contributed by atoms with Crippen LogP contribution in [0.4, 0.5) is 0 Å². The second kappa shape index (κ2) is 7.84. The van der Waals surface area contributed by atoms with Gasteiger partial charge in [-0.15, -0.1) is 0 Å². The van der Waals surface area contributed by atoms with Gasteiger partial charge in [-0.2, -0.15) is 0 Å². The Morgan fingerprint density at radius 2 is 2.00 bits per heavy atom. The molecule has 126 valence electrons. The van der Waals surface area contributed by atoms with E-state index in [1.54, 1.807) is 7.11 Å². The van der Waals surface area contributed by atoms with Crippen molar-refractivity contribution in [1.29, 1.82) is 0 Å². The third-order valence-electron chi connectivity index (χ3n) is 4.83. The lowest BCUT2D eigenvalue weighted by Crippen LogP contribution is -2.44. The first-order valence-corrected chi connectivity index (χ1v) is 8.90. The summed E-state index contributed by atoms with van der Waals surface area (Å²) in [5, 5.41) is 4.78. The van der Waals surface area contributed by atoms with Gasteiger partial charge in [0.1, 0.15) is 5.75 Å². The number of unbranched alkanes of at least 4 members (excludes halogenated alkanes) is 1. The van der Waals surface area contributed by atoms with Crippen LogP contribution in [0.2, 0.25) is 0 Å². The first-order valence-electron chi connectivity index (χ1n) is 8.90. The Bertz CT molecular complexity index is 629. The lowest BCUT2D eigenvalue weighted by Gasteiger charge is -2.26. The van der Waals surface area contributed by atoms with Gasteiger partial charge in [0.05, 0.1) is 7.11 Å². The number of aromatic nitrogens is 1. The number of hydrogen-bond donors (Lipinski definition) is 1. The molecule has 1 saturated heterocycles. The smallest absolute Gasteiger partial charge is 0.119 e. The Hall–Kier alpha value is -1.52. The van der Waals surface area contributed by atoms with E-state index in [1.165, 1.54) is 29.3 Å². The summed E-state index contributed by atoms with van der Waals surface area (Å²) in [7, 11) is 1.75. The second-order valence-electron chi connectivity index (χ2n) is 6.43. The molecular formula is C19H29N3O. The summed E-state index contributed by atoms with van der Waals surface area (Å²) in [6.07, 6.45) is 5.93. The fraction of sp³-hybridized carbons (Fsp3) is 0.579. The molecule has 0 spiro atoms. The number of ether oxygens (including phenoxy) is 1. The Kier molecular flexibility index (Phi) is 5.57. The average Bonchev–Trinajstić information content (AvgIpc) is 2.96. The first kappa shape index (κ1) is 16.3. The first-order chi connectivity index (χ1) is 11.3. The maximum atomic E-state index is 5.43. The number of hydrogen-bond acceptors (Lipinski definition) is 3. The van der Waals surface area contributed by atoms with E-state index in [4.69, 9.17) is 4.74 Å². The van der Waals surface area contributed by atoms with Gasteiger partial charge < -0.3 is 19.5 Å². The van der Waals surface area contributed by atoms with E-state index in [-0.39, 0.29) is 0 Å². The highest BCUT2D eigenvalue weighted by atomic mass is 16.5. The summed E-state index contributed by atoms with van der Waals surface area (Å²) >= 11 is 0. The molecule has 1 N–H and O–H groups in total. The number of rotatable bonds is 7. The van der Waals surface area contributed by atoms with Crippen molar-refractivity contribution in [2.45, 2.75) is 32.7 Å². The van der Waals surface area contributed by atoms with Gasteiger partial charge in [0, 0.05) is 56.4 Å². The molecule has 0 unspecified atom stereocenters. The normalized spacial score (nSPS) is 16.1. The van der Waals surface area contributed by atoms with Crippen molar-refractivity contribution in [3.63, 3.8) is 0 Å². The van der Waals surface area contributed by atoms with Gasteiger partial charge in [-0.05, 0) is 36.6 Å². The van der Waals surface area contributed by atoms with Crippen molar-refractivity contribution < 1.29 is 4.74 Å². The lowest BCUT2D eigenvalue weighted by molar-refractivity contribution is 0.244. The Labute approximate surface area is 139 Å². The molecule has 0 bridgehead atoms. The summed E-state index contributed by atoms with van der Waals surface area (Å²) in [6.45, 7) is 9.06. The van der Waals surface area contributed by atoms with E-state index in [1.807, 2.05) is 0 Å². The highest BCUT2D eigenvalue weighted by Gasteiger charge is 2.13. The van der Waals surface area contributed by atoms with Crippen LogP contribution in [0, 0.1) is 0 Å². The predicted octanol–water partition coefficient (Wildman–Crippen LogP) is 2.90. The standard InChI is InChI=1S/C19H29N3O/c1-3-4-10-22-15-16(7-11-21-12-8-20-9-13-21)18-14-17(23-2)5-6-19(18)22/h5-6,14-15,20H,3-4,7-13H2,1-2H3. The summed E-state index contributed by atoms with van der Waals surface area (Å²) < 4.78 is 7.86. The van der Waals surface area contributed by atoms with Gasteiger partial charge >= 0.3 is 0 Å². The number of piperazine rings is 1. The molecule has 0 amide bonds. The molecule has 3 rings (SSSR count). The van der Waals surface area contributed by atoms with Crippen LogP contribution in [0.3, 0.4) is 0 Å². The van der Waals surface area contributed by atoms with Crippen molar-refractivity contribution in [2.75, 3.05) is 39.8 Å². The molecule has 1 aliphatic heterocycles. The number of benzene rings is 1. The second-order valence-corrected chi connectivity index (χ2v) is 6.43. The monoisotopic (exact) mass is 315 g/mol. The molecule has 0 saturated carbocycles. The fourth-order valence-corrected chi connectivity index (χ4v) is 3.40. The van der Waals surface area contributed by atoms with Gasteiger partial charge in [-0.3, -0.25) is 0 Å². The minimum absolute atomic E-state index is 0.953. The molecule has 1 fully saturated rings. The molecule has 4 heteroatoms. The molecule has 0 atom stereocenters.